The summed E-state index contributed by atoms with van der Waals surface area (Å²) in [4.78, 5) is 38.5. The molecule has 2 aliphatic rings. The molecule has 0 aliphatic carbocycles. The fourth-order valence-electron chi connectivity index (χ4n) is 3.15. The highest BCUT2D eigenvalue weighted by molar-refractivity contribution is 5.90. The second kappa shape index (κ2) is 7.23. The summed E-state index contributed by atoms with van der Waals surface area (Å²) < 4.78 is 10.1. The van der Waals surface area contributed by atoms with E-state index in [1.807, 2.05) is 12.2 Å². The van der Waals surface area contributed by atoms with Crippen molar-refractivity contribution in [3.8, 4) is 0 Å². The van der Waals surface area contributed by atoms with Crippen molar-refractivity contribution < 1.29 is 23.9 Å². The number of fused-ring (bicyclic) bond motifs is 1. The number of amides is 2. The van der Waals surface area contributed by atoms with Crippen LogP contribution in [0, 0.1) is 0 Å². The molecular formula is C17H26N2O5. The molecular weight excluding hydrogens is 312 g/mol. The minimum atomic E-state index is -0.746. The summed E-state index contributed by atoms with van der Waals surface area (Å²) >= 11 is 0. The molecule has 7 heteroatoms. The molecule has 1 saturated heterocycles. The Morgan fingerprint density at radius 3 is 2.50 bits per heavy atom. The van der Waals surface area contributed by atoms with Crippen LogP contribution >= 0.6 is 0 Å². The van der Waals surface area contributed by atoms with E-state index in [2.05, 4.69) is 5.32 Å². The summed E-state index contributed by atoms with van der Waals surface area (Å²) in [7, 11) is 1.32. The zero-order valence-corrected chi connectivity index (χ0v) is 14.7. The fraction of sp³-hybridized carbons (Fsp3) is 0.706. The van der Waals surface area contributed by atoms with Gasteiger partial charge in [0.1, 0.15) is 17.7 Å². The average Bonchev–Trinajstić information content (AvgIpc) is 2.88. The van der Waals surface area contributed by atoms with Gasteiger partial charge in [0, 0.05) is 6.04 Å². The van der Waals surface area contributed by atoms with E-state index in [0.717, 1.165) is 6.42 Å². The molecule has 2 amide bonds. The van der Waals surface area contributed by atoms with Gasteiger partial charge in [-0.2, -0.15) is 0 Å². The van der Waals surface area contributed by atoms with Gasteiger partial charge in [-0.15, -0.1) is 0 Å². The molecule has 0 aromatic heterocycles. The van der Waals surface area contributed by atoms with Crippen molar-refractivity contribution >= 4 is 18.0 Å². The van der Waals surface area contributed by atoms with Gasteiger partial charge in [0.15, 0.2) is 0 Å². The van der Waals surface area contributed by atoms with Crippen molar-refractivity contribution in [1.29, 1.82) is 0 Å². The predicted molar refractivity (Wildman–Crippen MR) is 87.2 cm³/mol. The monoisotopic (exact) mass is 338 g/mol. The Bertz CT molecular complexity index is 538. The molecule has 0 radical (unpaired) electrons. The van der Waals surface area contributed by atoms with Crippen LogP contribution in [0.1, 0.15) is 46.5 Å². The first kappa shape index (κ1) is 18.3. The molecule has 3 unspecified atom stereocenters. The largest absolute Gasteiger partial charge is 0.467 e. The molecule has 0 saturated carbocycles. The number of ether oxygens (including phenoxy) is 2. The Hall–Kier alpha value is -2.05. The number of carbonyl (C=O) groups excluding carboxylic acids is 3. The maximum atomic E-state index is 12.9. The van der Waals surface area contributed by atoms with Gasteiger partial charge in [0.2, 0.25) is 5.91 Å². The lowest BCUT2D eigenvalue weighted by molar-refractivity contribution is -0.153. The Morgan fingerprint density at radius 2 is 1.88 bits per heavy atom. The number of alkyl carbamates (subject to hydrolysis) is 1. The van der Waals surface area contributed by atoms with Crippen LogP contribution in [-0.4, -0.2) is 53.7 Å². The van der Waals surface area contributed by atoms with E-state index in [1.165, 1.54) is 7.11 Å². The summed E-state index contributed by atoms with van der Waals surface area (Å²) in [5.74, 6) is -0.672. The lowest BCUT2D eigenvalue weighted by Crippen LogP contribution is -2.55. The third kappa shape index (κ3) is 4.27. The Morgan fingerprint density at radius 1 is 1.21 bits per heavy atom. The quantitative estimate of drug-likeness (QED) is 0.612. The Kier molecular flexibility index (Phi) is 5.51. The highest BCUT2D eigenvalue weighted by Crippen LogP contribution is 2.30. The van der Waals surface area contributed by atoms with Crippen LogP contribution in [0.2, 0.25) is 0 Å². The van der Waals surface area contributed by atoms with Crippen LogP contribution in [0.15, 0.2) is 12.2 Å². The lowest BCUT2D eigenvalue weighted by atomic mass is 10.0. The van der Waals surface area contributed by atoms with Crippen molar-refractivity contribution in [3.63, 3.8) is 0 Å². The van der Waals surface area contributed by atoms with Crippen molar-refractivity contribution in [1.82, 2.24) is 10.2 Å². The molecule has 1 N–H and O–H groups in total. The van der Waals surface area contributed by atoms with Gasteiger partial charge in [-0.05, 0) is 46.5 Å². The van der Waals surface area contributed by atoms with Gasteiger partial charge in [-0.3, -0.25) is 4.79 Å². The van der Waals surface area contributed by atoms with Crippen LogP contribution in [0.4, 0.5) is 4.79 Å². The average molecular weight is 338 g/mol. The molecule has 1 fully saturated rings. The number of nitrogens with one attached hydrogen (secondary N) is 1. The minimum Gasteiger partial charge on any atom is -0.467 e. The van der Waals surface area contributed by atoms with Gasteiger partial charge < -0.3 is 19.7 Å². The molecule has 2 heterocycles. The number of carbonyl (C=O) groups is 3. The second-order valence-corrected chi connectivity index (χ2v) is 7.16. The standard InChI is InChI=1S/C17H26N2O5/c1-17(2,3)24-16(22)18-12-8-6-5-7-11-9-10-13(15(21)23-4)19(11)14(12)20/h5-6,11-13H,7-10H2,1-4H3,(H,18,22)/b6-5-. The topological polar surface area (TPSA) is 84.9 Å². The van der Waals surface area contributed by atoms with Crippen LogP contribution in [-0.2, 0) is 19.1 Å². The smallest absolute Gasteiger partial charge is 0.408 e. The molecule has 2 aliphatic heterocycles. The number of rotatable bonds is 2. The van der Waals surface area contributed by atoms with Crippen molar-refractivity contribution in [2.75, 3.05) is 7.11 Å². The summed E-state index contributed by atoms with van der Waals surface area (Å²) in [6.45, 7) is 5.28. The van der Waals surface area contributed by atoms with Gasteiger partial charge in [-0.25, -0.2) is 9.59 Å². The van der Waals surface area contributed by atoms with Gasteiger partial charge in [0.25, 0.3) is 0 Å². The van der Waals surface area contributed by atoms with Gasteiger partial charge in [0.05, 0.1) is 7.11 Å². The Labute approximate surface area is 142 Å². The van der Waals surface area contributed by atoms with E-state index in [4.69, 9.17) is 9.47 Å². The highest BCUT2D eigenvalue weighted by atomic mass is 16.6. The lowest BCUT2D eigenvalue weighted by Gasteiger charge is -2.33. The van der Waals surface area contributed by atoms with Gasteiger partial charge in [-0.1, -0.05) is 12.2 Å². The minimum absolute atomic E-state index is 0.0407. The number of hydrogen-bond donors (Lipinski definition) is 1. The SMILES string of the molecule is COC(=O)C1CCC2C/C=C\CC(NC(=O)OC(C)(C)C)C(=O)N21. The number of hydrogen-bond acceptors (Lipinski definition) is 5. The zero-order chi connectivity index (χ0) is 17.9. The maximum absolute atomic E-state index is 12.9. The molecule has 7 nitrogen and oxygen atoms in total. The number of esters is 1. The third-order valence-corrected chi connectivity index (χ3v) is 4.17. The van der Waals surface area contributed by atoms with E-state index in [0.29, 0.717) is 19.3 Å². The first-order valence-electron chi connectivity index (χ1n) is 8.27. The van der Waals surface area contributed by atoms with Crippen LogP contribution in [0.5, 0.6) is 0 Å². The third-order valence-electron chi connectivity index (χ3n) is 4.17. The number of nitrogens with zero attached hydrogens (tertiary/aromatic N) is 1. The first-order valence-corrected chi connectivity index (χ1v) is 8.27. The van der Waals surface area contributed by atoms with Crippen molar-refractivity contribution in [3.05, 3.63) is 12.2 Å². The van der Waals surface area contributed by atoms with E-state index in [9.17, 15) is 14.4 Å². The number of methoxy groups -OCH3 is 1. The maximum Gasteiger partial charge on any atom is 0.408 e. The van der Waals surface area contributed by atoms with E-state index in [-0.39, 0.29) is 11.9 Å². The van der Waals surface area contributed by atoms with Crippen LogP contribution in [0.3, 0.4) is 0 Å². The van der Waals surface area contributed by atoms with Gasteiger partial charge >= 0.3 is 12.1 Å². The van der Waals surface area contributed by atoms with Crippen molar-refractivity contribution in [2.24, 2.45) is 0 Å². The summed E-state index contributed by atoms with van der Waals surface area (Å²) in [6, 6.07) is -1.37. The molecule has 0 aromatic carbocycles. The molecule has 0 spiro atoms. The molecule has 0 aromatic rings. The summed E-state index contributed by atoms with van der Waals surface area (Å²) in [6.07, 6.45) is 5.65. The predicted octanol–water partition coefficient (Wildman–Crippen LogP) is 1.76. The molecule has 2 rings (SSSR count). The van der Waals surface area contributed by atoms with Crippen LogP contribution < -0.4 is 5.32 Å². The fourth-order valence-corrected chi connectivity index (χ4v) is 3.15. The normalized spacial score (nSPS) is 28.4. The molecule has 3 atom stereocenters. The van der Waals surface area contributed by atoms with E-state index < -0.39 is 29.7 Å². The summed E-state index contributed by atoms with van der Waals surface area (Å²) in [5.41, 5.74) is -0.644. The van der Waals surface area contributed by atoms with E-state index >= 15 is 0 Å². The molecule has 0 bridgehead atoms. The van der Waals surface area contributed by atoms with Crippen LogP contribution in [0.25, 0.3) is 0 Å². The zero-order valence-electron chi connectivity index (χ0n) is 14.7. The first-order chi connectivity index (χ1) is 11.2. The second-order valence-electron chi connectivity index (χ2n) is 7.16. The Balaban J connectivity index is 2.15. The van der Waals surface area contributed by atoms with Crippen molar-refractivity contribution in [2.45, 2.75) is 70.2 Å². The molecule has 24 heavy (non-hydrogen) atoms. The highest BCUT2D eigenvalue weighted by Gasteiger charge is 2.44. The molecule has 134 valence electrons. The summed E-state index contributed by atoms with van der Waals surface area (Å²) in [5, 5.41) is 2.63. The van der Waals surface area contributed by atoms with E-state index in [1.54, 1.807) is 25.7 Å².